The van der Waals surface area contributed by atoms with E-state index in [0.717, 1.165) is 46.5 Å². The summed E-state index contributed by atoms with van der Waals surface area (Å²) in [6.07, 6.45) is 3.45. The van der Waals surface area contributed by atoms with Crippen molar-refractivity contribution in [3.05, 3.63) is 119 Å². The third-order valence-corrected chi connectivity index (χ3v) is 7.89. The van der Waals surface area contributed by atoms with E-state index in [0.29, 0.717) is 25.7 Å². The zero-order valence-electron chi connectivity index (χ0n) is 21.6. The van der Waals surface area contributed by atoms with Gasteiger partial charge in [0.05, 0.1) is 0 Å². The van der Waals surface area contributed by atoms with E-state index in [1.807, 2.05) is 82.6 Å². The first-order valence-corrected chi connectivity index (χ1v) is 13.3. The third-order valence-electron chi connectivity index (χ3n) is 7.89. The molecule has 0 bridgehead atoms. The van der Waals surface area contributed by atoms with Gasteiger partial charge in [-0.05, 0) is 96.5 Å². The number of carbonyl (C=O) groups excluding carboxylic acids is 2. The van der Waals surface area contributed by atoms with Gasteiger partial charge in [0.15, 0.2) is 0 Å². The zero-order valence-corrected chi connectivity index (χ0v) is 21.6. The number of nitrogens with zero attached hydrogens (tertiary/aromatic N) is 2. The Hall–Kier alpha value is -4.58. The minimum Gasteiger partial charge on any atom is -0.508 e. The molecule has 6 nitrogen and oxygen atoms in total. The van der Waals surface area contributed by atoms with Crippen LogP contribution in [0.1, 0.15) is 47.9 Å². The van der Waals surface area contributed by atoms with Crippen LogP contribution in [-0.2, 0) is 22.4 Å². The lowest BCUT2D eigenvalue weighted by molar-refractivity contribution is -0.117. The summed E-state index contributed by atoms with van der Waals surface area (Å²) in [5, 5.41) is 19.1. The summed E-state index contributed by atoms with van der Waals surface area (Å²) in [6.45, 7) is 0. The molecule has 39 heavy (non-hydrogen) atoms. The van der Waals surface area contributed by atoms with Crippen molar-refractivity contribution in [2.45, 2.75) is 44.2 Å². The van der Waals surface area contributed by atoms with Crippen LogP contribution in [0, 0.1) is 0 Å². The predicted molar refractivity (Wildman–Crippen MR) is 151 cm³/mol. The first-order chi connectivity index (χ1) is 18.9. The summed E-state index contributed by atoms with van der Waals surface area (Å²) >= 11 is 0. The Morgan fingerprint density at radius 1 is 0.513 bits per heavy atom. The maximum absolute atomic E-state index is 13.3. The topological polar surface area (TPSA) is 81.1 Å². The SMILES string of the molecule is O=C1CCC2(CCC(=O)N2c2ccc(Cc3ccc(O)cc3)cc2)N1c1ccc(Cc2ccc(O)cc2)cc1. The Morgan fingerprint density at radius 3 is 1.15 bits per heavy atom. The van der Waals surface area contributed by atoms with Crippen LogP contribution < -0.4 is 9.80 Å². The van der Waals surface area contributed by atoms with Gasteiger partial charge >= 0.3 is 0 Å². The normalized spacial score (nSPS) is 16.4. The van der Waals surface area contributed by atoms with Crippen LogP contribution in [0.25, 0.3) is 0 Å². The van der Waals surface area contributed by atoms with Gasteiger partial charge < -0.3 is 10.2 Å². The first-order valence-electron chi connectivity index (χ1n) is 13.3. The van der Waals surface area contributed by atoms with Gasteiger partial charge in [-0.2, -0.15) is 0 Å². The fraction of sp³-hybridized carbons (Fsp3) is 0.212. The Morgan fingerprint density at radius 2 is 0.821 bits per heavy atom. The van der Waals surface area contributed by atoms with E-state index in [1.54, 1.807) is 24.3 Å². The van der Waals surface area contributed by atoms with E-state index in [4.69, 9.17) is 0 Å². The number of anilines is 2. The van der Waals surface area contributed by atoms with Gasteiger partial charge in [0, 0.05) is 24.2 Å². The molecule has 4 aromatic carbocycles. The average molecular weight is 519 g/mol. The second-order valence-electron chi connectivity index (χ2n) is 10.5. The van der Waals surface area contributed by atoms with Gasteiger partial charge in [-0.15, -0.1) is 0 Å². The van der Waals surface area contributed by atoms with E-state index < -0.39 is 5.66 Å². The van der Waals surface area contributed by atoms with Crippen molar-refractivity contribution < 1.29 is 19.8 Å². The number of phenolic OH excluding ortho intramolecular Hbond substituents is 2. The van der Waals surface area contributed by atoms with Gasteiger partial charge in [0.1, 0.15) is 17.2 Å². The molecule has 0 saturated carbocycles. The highest BCUT2D eigenvalue weighted by atomic mass is 16.3. The van der Waals surface area contributed by atoms with Gasteiger partial charge in [-0.1, -0.05) is 48.5 Å². The highest BCUT2D eigenvalue weighted by Gasteiger charge is 2.56. The monoisotopic (exact) mass is 518 g/mol. The average Bonchev–Trinajstić information content (AvgIpc) is 3.45. The molecule has 2 heterocycles. The third kappa shape index (κ3) is 4.74. The van der Waals surface area contributed by atoms with E-state index in [9.17, 15) is 19.8 Å². The Kier molecular flexibility index (Phi) is 6.31. The second-order valence-corrected chi connectivity index (χ2v) is 10.5. The smallest absolute Gasteiger partial charge is 0.229 e. The molecule has 0 aliphatic carbocycles. The summed E-state index contributed by atoms with van der Waals surface area (Å²) < 4.78 is 0. The highest BCUT2D eigenvalue weighted by Crippen LogP contribution is 2.47. The lowest BCUT2D eigenvalue weighted by Crippen LogP contribution is -2.56. The van der Waals surface area contributed by atoms with Crippen molar-refractivity contribution in [1.82, 2.24) is 0 Å². The first kappa shape index (κ1) is 24.7. The molecule has 6 heteroatoms. The van der Waals surface area contributed by atoms with Crippen molar-refractivity contribution >= 4 is 23.2 Å². The molecule has 2 fully saturated rings. The molecule has 2 saturated heterocycles. The molecule has 0 radical (unpaired) electrons. The summed E-state index contributed by atoms with van der Waals surface area (Å²) in [4.78, 5) is 30.2. The number of phenols is 2. The quantitative estimate of drug-likeness (QED) is 0.332. The van der Waals surface area contributed by atoms with Crippen LogP contribution in [0.3, 0.4) is 0 Å². The molecule has 2 N–H and O–H groups in total. The standard InChI is InChI=1S/C33H30N2O4/c36-29-13-5-25(6-14-29)21-23-1-9-27(10-2-23)34-31(38)17-19-33(34)20-18-32(39)35(33)28-11-3-24(4-12-28)22-26-7-15-30(37)16-8-26/h1-16,36-37H,17-22H2. The summed E-state index contributed by atoms with van der Waals surface area (Å²) in [6, 6.07) is 30.4. The van der Waals surface area contributed by atoms with Gasteiger partial charge in [-0.25, -0.2) is 0 Å². The summed E-state index contributed by atoms with van der Waals surface area (Å²) in [5.41, 5.74) is 5.30. The van der Waals surface area contributed by atoms with Crippen molar-refractivity contribution in [2.24, 2.45) is 0 Å². The molecule has 6 rings (SSSR count). The van der Waals surface area contributed by atoms with Gasteiger partial charge in [0.25, 0.3) is 0 Å². The van der Waals surface area contributed by atoms with Gasteiger partial charge in [0.2, 0.25) is 11.8 Å². The fourth-order valence-corrected chi connectivity index (χ4v) is 5.97. The summed E-state index contributed by atoms with van der Waals surface area (Å²) in [7, 11) is 0. The molecule has 1 spiro atoms. The zero-order chi connectivity index (χ0) is 27.0. The Labute approximate surface area is 227 Å². The molecule has 196 valence electrons. The van der Waals surface area contributed by atoms with E-state index in [-0.39, 0.29) is 23.3 Å². The lowest BCUT2D eigenvalue weighted by Gasteiger charge is -2.42. The molecular formula is C33H30N2O4. The van der Waals surface area contributed by atoms with E-state index in [1.165, 1.54) is 0 Å². The van der Waals surface area contributed by atoms with Crippen molar-refractivity contribution in [2.75, 3.05) is 9.80 Å². The van der Waals surface area contributed by atoms with Crippen LogP contribution in [0.15, 0.2) is 97.1 Å². The Balaban J connectivity index is 1.25. The van der Waals surface area contributed by atoms with Crippen LogP contribution >= 0.6 is 0 Å². The number of amides is 2. The fourth-order valence-electron chi connectivity index (χ4n) is 5.97. The molecule has 2 aliphatic heterocycles. The van der Waals surface area contributed by atoms with Crippen LogP contribution in [0.4, 0.5) is 11.4 Å². The molecule has 2 amide bonds. The predicted octanol–water partition coefficient (Wildman–Crippen LogP) is 5.93. The molecule has 0 unspecified atom stereocenters. The van der Waals surface area contributed by atoms with Crippen LogP contribution in [0.5, 0.6) is 11.5 Å². The molecule has 0 aromatic heterocycles. The minimum atomic E-state index is -0.703. The van der Waals surface area contributed by atoms with Crippen molar-refractivity contribution in [3.63, 3.8) is 0 Å². The maximum atomic E-state index is 13.3. The molecule has 4 aromatic rings. The van der Waals surface area contributed by atoms with Crippen LogP contribution in [0.2, 0.25) is 0 Å². The number of hydrogen-bond acceptors (Lipinski definition) is 4. The minimum absolute atomic E-state index is 0.0323. The number of carbonyl (C=O) groups is 2. The number of rotatable bonds is 6. The largest absolute Gasteiger partial charge is 0.508 e. The van der Waals surface area contributed by atoms with Gasteiger partial charge in [-0.3, -0.25) is 19.4 Å². The second kappa shape index (κ2) is 9.95. The number of hydrogen-bond donors (Lipinski definition) is 2. The van der Waals surface area contributed by atoms with Crippen molar-refractivity contribution in [1.29, 1.82) is 0 Å². The number of aromatic hydroxyl groups is 2. The molecular weight excluding hydrogens is 488 g/mol. The van der Waals surface area contributed by atoms with Crippen molar-refractivity contribution in [3.8, 4) is 11.5 Å². The Bertz CT molecular complexity index is 1380. The number of benzene rings is 4. The van der Waals surface area contributed by atoms with E-state index in [2.05, 4.69) is 0 Å². The molecule has 2 aliphatic rings. The van der Waals surface area contributed by atoms with Crippen LogP contribution in [-0.4, -0.2) is 27.7 Å². The summed E-state index contributed by atoms with van der Waals surface area (Å²) in [5.74, 6) is 0.555. The molecule has 0 atom stereocenters. The maximum Gasteiger partial charge on any atom is 0.229 e. The van der Waals surface area contributed by atoms with E-state index >= 15 is 0 Å². The highest BCUT2D eigenvalue weighted by molar-refractivity contribution is 6.05. The lowest BCUT2D eigenvalue weighted by atomic mass is 10.0.